The third-order valence-corrected chi connectivity index (χ3v) is 3.90. The summed E-state index contributed by atoms with van der Waals surface area (Å²) < 4.78 is 5.00. The van der Waals surface area contributed by atoms with E-state index in [1.807, 2.05) is 0 Å². The van der Waals surface area contributed by atoms with Crippen molar-refractivity contribution in [3.8, 4) is 5.75 Å². The summed E-state index contributed by atoms with van der Waals surface area (Å²) in [5.41, 5.74) is 0.359. The number of nitrogens with one attached hydrogen (secondary N) is 2. The van der Waals surface area contributed by atoms with Crippen molar-refractivity contribution < 1.29 is 19.4 Å². The number of aromatic carboxylic acids is 1. The first-order valence-electron chi connectivity index (χ1n) is 6.43. The van der Waals surface area contributed by atoms with E-state index in [0.717, 1.165) is 6.42 Å². The van der Waals surface area contributed by atoms with Gasteiger partial charge in [0.25, 0.3) is 0 Å². The summed E-state index contributed by atoms with van der Waals surface area (Å²) >= 11 is 5.99. The van der Waals surface area contributed by atoms with E-state index in [4.69, 9.17) is 21.4 Å². The van der Waals surface area contributed by atoms with Crippen molar-refractivity contribution in [1.82, 2.24) is 5.32 Å². The van der Waals surface area contributed by atoms with Gasteiger partial charge in [-0.25, -0.2) is 9.59 Å². The predicted molar refractivity (Wildman–Crippen MR) is 79.3 cm³/mol. The summed E-state index contributed by atoms with van der Waals surface area (Å²) in [5.74, 6) is -1.02. The normalized spacial score (nSPS) is 18.8. The van der Waals surface area contributed by atoms with Crippen LogP contribution in [0.1, 0.15) is 30.6 Å². The Labute approximate surface area is 127 Å². The highest BCUT2D eigenvalue weighted by atomic mass is 35.5. The lowest BCUT2D eigenvalue weighted by Crippen LogP contribution is -2.32. The molecule has 1 aliphatic rings. The molecule has 0 bridgehead atoms. The summed E-state index contributed by atoms with van der Waals surface area (Å²) in [4.78, 5) is 22.9. The molecular weight excluding hydrogens is 296 g/mol. The molecular formula is C14H17ClN2O4. The molecule has 0 saturated heterocycles. The van der Waals surface area contributed by atoms with E-state index in [9.17, 15) is 9.59 Å². The molecule has 3 N–H and O–H groups in total. The highest BCUT2D eigenvalue weighted by Gasteiger charge is 2.46. The standard InChI is InChI=1S/C14H17ClN2O4/c1-14(2)6-11(14)17-13(20)16-9-5-10(21-3)7(12(18)19)4-8(9)15/h4-5,11H,6H2,1-3H3,(H,18,19)(H2,16,17,20). The fraction of sp³-hybridized carbons (Fsp3) is 0.429. The van der Waals surface area contributed by atoms with Crippen LogP contribution in [-0.4, -0.2) is 30.3 Å². The van der Waals surface area contributed by atoms with Crippen molar-refractivity contribution in [3.63, 3.8) is 0 Å². The number of carboxylic acid groups (broad SMARTS) is 1. The zero-order valence-corrected chi connectivity index (χ0v) is 12.7. The number of carbonyl (C=O) groups excluding carboxylic acids is 1. The average Bonchev–Trinajstić information content (AvgIpc) is 2.97. The molecule has 1 aliphatic carbocycles. The topological polar surface area (TPSA) is 87.7 Å². The van der Waals surface area contributed by atoms with Gasteiger partial charge in [-0.1, -0.05) is 25.4 Å². The maximum absolute atomic E-state index is 11.9. The number of hydrogen-bond acceptors (Lipinski definition) is 3. The quantitative estimate of drug-likeness (QED) is 0.797. The van der Waals surface area contributed by atoms with Gasteiger partial charge in [0.15, 0.2) is 0 Å². The number of benzene rings is 1. The number of ether oxygens (including phenoxy) is 1. The Morgan fingerprint density at radius 2 is 2.05 bits per heavy atom. The lowest BCUT2D eigenvalue weighted by atomic mass is 10.2. The number of urea groups is 1. The van der Waals surface area contributed by atoms with Crippen molar-refractivity contribution in [3.05, 3.63) is 22.7 Å². The Bertz CT molecular complexity index is 601. The highest BCUT2D eigenvalue weighted by Crippen LogP contribution is 2.44. The highest BCUT2D eigenvalue weighted by molar-refractivity contribution is 6.34. The third-order valence-electron chi connectivity index (χ3n) is 3.59. The van der Waals surface area contributed by atoms with Crippen molar-refractivity contribution in [2.75, 3.05) is 12.4 Å². The monoisotopic (exact) mass is 312 g/mol. The van der Waals surface area contributed by atoms with Gasteiger partial charge in [-0.05, 0) is 17.9 Å². The van der Waals surface area contributed by atoms with E-state index in [0.29, 0.717) is 5.69 Å². The van der Waals surface area contributed by atoms with Gasteiger partial charge in [-0.2, -0.15) is 0 Å². The number of methoxy groups -OCH3 is 1. The first kappa shape index (κ1) is 15.4. The second-order valence-electron chi connectivity index (χ2n) is 5.68. The fourth-order valence-electron chi connectivity index (χ4n) is 2.02. The summed E-state index contributed by atoms with van der Waals surface area (Å²) in [7, 11) is 1.35. The van der Waals surface area contributed by atoms with Crippen LogP contribution in [0.2, 0.25) is 5.02 Å². The van der Waals surface area contributed by atoms with E-state index in [1.54, 1.807) is 0 Å². The van der Waals surface area contributed by atoms with E-state index < -0.39 is 5.97 Å². The Morgan fingerprint density at radius 1 is 1.43 bits per heavy atom. The molecule has 1 atom stereocenters. The average molecular weight is 313 g/mol. The van der Waals surface area contributed by atoms with Crippen molar-refractivity contribution in [1.29, 1.82) is 0 Å². The molecule has 0 aromatic heterocycles. The molecule has 0 aliphatic heterocycles. The summed E-state index contributed by atoms with van der Waals surface area (Å²) in [6.45, 7) is 4.13. The SMILES string of the molecule is COc1cc(NC(=O)NC2CC2(C)C)c(Cl)cc1C(=O)O. The summed E-state index contributed by atoms with van der Waals surface area (Å²) in [6.07, 6.45) is 0.926. The molecule has 7 heteroatoms. The smallest absolute Gasteiger partial charge is 0.339 e. The van der Waals surface area contributed by atoms with Crippen molar-refractivity contribution >= 4 is 29.3 Å². The fourth-order valence-corrected chi connectivity index (χ4v) is 2.23. The third kappa shape index (κ3) is 3.39. The van der Waals surface area contributed by atoms with Gasteiger partial charge in [-0.3, -0.25) is 0 Å². The number of rotatable bonds is 4. The molecule has 0 radical (unpaired) electrons. The van der Waals surface area contributed by atoms with Gasteiger partial charge in [0.05, 0.1) is 17.8 Å². The lowest BCUT2D eigenvalue weighted by molar-refractivity contribution is 0.0693. The second-order valence-corrected chi connectivity index (χ2v) is 6.09. The van der Waals surface area contributed by atoms with Crippen LogP contribution in [-0.2, 0) is 0 Å². The number of hydrogen-bond donors (Lipinski definition) is 3. The Hall–Kier alpha value is -1.95. The molecule has 1 aromatic carbocycles. The minimum Gasteiger partial charge on any atom is -0.496 e. The molecule has 0 heterocycles. The van der Waals surface area contributed by atoms with Gasteiger partial charge in [0.2, 0.25) is 0 Å². The van der Waals surface area contributed by atoms with Crippen molar-refractivity contribution in [2.45, 2.75) is 26.3 Å². The number of carbonyl (C=O) groups is 2. The van der Waals surface area contributed by atoms with E-state index in [2.05, 4.69) is 24.5 Å². The maximum atomic E-state index is 11.9. The molecule has 21 heavy (non-hydrogen) atoms. The van der Waals surface area contributed by atoms with Gasteiger partial charge in [0.1, 0.15) is 11.3 Å². The van der Waals surface area contributed by atoms with Gasteiger partial charge >= 0.3 is 12.0 Å². The summed E-state index contributed by atoms with van der Waals surface area (Å²) in [5, 5.41) is 14.6. The molecule has 2 rings (SSSR count). The lowest BCUT2D eigenvalue weighted by Gasteiger charge is -2.13. The first-order chi connectivity index (χ1) is 9.74. The Kier molecular flexibility index (Phi) is 4.00. The molecule has 114 valence electrons. The van der Waals surface area contributed by atoms with Crippen LogP contribution in [0.3, 0.4) is 0 Å². The largest absolute Gasteiger partial charge is 0.496 e. The van der Waals surface area contributed by atoms with Gasteiger partial charge in [-0.15, -0.1) is 0 Å². The minimum absolute atomic E-state index is 0.0585. The zero-order valence-electron chi connectivity index (χ0n) is 12.0. The van der Waals surface area contributed by atoms with Crippen LogP contribution in [0, 0.1) is 5.41 Å². The number of carboxylic acids is 1. The van der Waals surface area contributed by atoms with Crippen LogP contribution in [0.25, 0.3) is 0 Å². The van der Waals surface area contributed by atoms with Crippen LogP contribution < -0.4 is 15.4 Å². The number of amides is 2. The van der Waals surface area contributed by atoms with Crippen molar-refractivity contribution in [2.24, 2.45) is 5.41 Å². The van der Waals surface area contributed by atoms with Crippen LogP contribution in [0.5, 0.6) is 5.75 Å². The van der Waals surface area contributed by atoms with E-state index in [1.165, 1.54) is 19.2 Å². The molecule has 1 aromatic rings. The van der Waals surface area contributed by atoms with E-state index in [-0.39, 0.29) is 33.8 Å². The van der Waals surface area contributed by atoms with E-state index >= 15 is 0 Å². The Balaban J connectivity index is 2.13. The molecule has 1 fully saturated rings. The molecule has 0 spiro atoms. The first-order valence-corrected chi connectivity index (χ1v) is 6.81. The number of halogens is 1. The predicted octanol–water partition coefficient (Wildman–Crippen LogP) is 2.97. The minimum atomic E-state index is -1.15. The Morgan fingerprint density at radius 3 is 2.52 bits per heavy atom. The summed E-state index contributed by atoms with van der Waals surface area (Å²) in [6, 6.07) is 2.40. The molecule has 1 saturated carbocycles. The maximum Gasteiger partial charge on any atom is 0.339 e. The second kappa shape index (κ2) is 5.44. The van der Waals surface area contributed by atoms with Crippen LogP contribution >= 0.6 is 11.6 Å². The van der Waals surface area contributed by atoms with Crippen LogP contribution in [0.15, 0.2) is 12.1 Å². The zero-order chi connectivity index (χ0) is 15.8. The van der Waals surface area contributed by atoms with Gasteiger partial charge < -0.3 is 20.5 Å². The number of anilines is 1. The molecule has 1 unspecified atom stereocenters. The molecule has 6 nitrogen and oxygen atoms in total. The van der Waals surface area contributed by atoms with Gasteiger partial charge in [0, 0.05) is 12.1 Å². The van der Waals surface area contributed by atoms with Crippen LogP contribution in [0.4, 0.5) is 10.5 Å². The molecule has 2 amide bonds.